The molecule has 1 atom stereocenters. The van der Waals surface area contributed by atoms with Gasteiger partial charge in [0, 0.05) is 34.5 Å². The van der Waals surface area contributed by atoms with Gasteiger partial charge in [-0.2, -0.15) is 0 Å². The maximum atomic E-state index is 7.91. The summed E-state index contributed by atoms with van der Waals surface area (Å²) in [4.78, 5) is 13.1. The maximum absolute atomic E-state index is 7.91. The van der Waals surface area contributed by atoms with Gasteiger partial charge >= 0.3 is 0 Å². The van der Waals surface area contributed by atoms with Gasteiger partial charge in [0.2, 0.25) is 0 Å². The molecule has 0 radical (unpaired) electrons. The van der Waals surface area contributed by atoms with Crippen molar-refractivity contribution in [1.82, 2.24) is 15.0 Å². The Kier molecular flexibility index (Phi) is 4.91. The quantitative estimate of drug-likeness (QED) is 0.429. The van der Waals surface area contributed by atoms with Crippen molar-refractivity contribution in [2.75, 3.05) is 11.1 Å². The van der Waals surface area contributed by atoms with E-state index in [1.54, 1.807) is 19.4 Å². The average molecular weight is 382 g/mol. The van der Waals surface area contributed by atoms with Crippen molar-refractivity contribution in [3.8, 4) is 11.1 Å². The van der Waals surface area contributed by atoms with Crippen LogP contribution in [0.2, 0.25) is 0 Å². The number of aromatic nitrogens is 3. The Bertz CT molecular complexity index is 1190. The van der Waals surface area contributed by atoms with Gasteiger partial charge < -0.3 is 16.5 Å². The molecule has 2 aromatic carbocycles. The minimum absolute atomic E-state index is 0.100. The monoisotopic (exact) mass is 382 g/mol. The van der Waals surface area contributed by atoms with Crippen molar-refractivity contribution >= 4 is 28.3 Å². The van der Waals surface area contributed by atoms with Gasteiger partial charge in [-0.1, -0.05) is 36.4 Å². The summed E-state index contributed by atoms with van der Waals surface area (Å²) in [6, 6.07) is 18.3. The Balaban J connectivity index is 1.75. The first-order valence-corrected chi connectivity index (χ1v) is 9.40. The highest BCUT2D eigenvalue weighted by atomic mass is 15.0. The summed E-state index contributed by atoms with van der Waals surface area (Å²) in [5.74, 6) is 1.14. The van der Waals surface area contributed by atoms with Crippen molar-refractivity contribution in [2.45, 2.75) is 19.9 Å². The average Bonchev–Trinajstić information content (AvgIpc) is 2.74. The molecule has 0 saturated heterocycles. The Morgan fingerprint density at radius 2 is 1.79 bits per heavy atom. The molecule has 0 saturated carbocycles. The molecule has 2 aromatic heterocycles. The number of benzene rings is 2. The van der Waals surface area contributed by atoms with E-state index < -0.39 is 0 Å². The highest BCUT2D eigenvalue weighted by Crippen LogP contribution is 2.29. The number of nitrogens with two attached hydrogens (primary N) is 1. The lowest BCUT2D eigenvalue weighted by atomic mass is 10.0. The van der Waals surface area contributed by atoms with E-state index >= 15 is 0 Å². The van der Waals surface area contributed by atoms with Crippen LogP contribution in [-0.2, 0) is 0 Å². The predicted octanol–water partition coefficient (Wildman–Crippen LogP) is 4.83. The van der Waals surface area contributed by atoms with Crippen LogP contribution in [0.15, 0.2) is 67.1 Å². The van der Waals surface area contributed by atoms with Gasteiger partial charge in [-0.15, -0.1) is 0 Å². The Hall–Kier alpha value is -3.80. The van der Waals surface area contributed by atoms with Gasteiger partial charge in [-0.05, 0) is 43.2 Å². The number of rotatable bonds is 5. The van der Waals surface area contributed by atoms with Gasteiger partial charge in [0.05, 0.1) is 5.52 Å². The first-order chi connectivity index (χ1) is 14.0. The standard InChI is InChI=1S/C23H22N6/c1-14(24)19-11-18(12-26-22(19)25)17-8-9-21-20(10-17)23(28-13-27-21)29-15(2)16-6-4-3-5-7-16/h3-13,15,24H,1-2H3,(H2,25,26)(H,27,28,29). The van der Waals surface area contributed by atoms with Crippen LogP contribution in [0.3, 0.4) is 0 Å². The molecule has 2 heterocycles. The summed E-state index contributed by atoms with van der Waals surface area (Å²) >= 11 is 0. The Labute approximate surface area is 169 Å². The molecule has 144 valence electrons. The molecule has 6 nitrogen and oxygen atoms in total. The van der Waals surface area contributed by atoms with Crippen molar-refractivity contribution in [3.63, 3.8) is 0 Å². The highest BCUT2D eigenvalue weighted by molar-refractivity contribution is 6.01. The van der Waals surface area contributed by atoms with Crippen LogP contribution in [0.4, 0.5) is 11.6 Å². The highest BCUT2D eigenvalue weighted by Gasteiger charge is 2.12. The third kappa shape index (κ3) is 3.78. The van der Waals surface area contributed by atoms with Gasteiger partial charge in [-0.3, -0.25) is 0 Å². The molecule has 4 aromatic rings. The van der Waals surface area contributed by atoms with Gasteiger partial charge in [0.25, 0.3) is 0 Å². The fraction of sp³-hybridized carbons (Fsp3) is 0.130. The normalized spacial score (nSPS) is 11.9. The Morgan fingerprint density at radius 1 is 1.00 bits per heavy atom. The van der Waals surface area contributed by atoms with Gasteiger partial charge in [0.15, 0.2) is 0 Å². The van der Waals surface area contributed by atoms with Crippen LogP contribution in [-0.4, -0.2) is 20.7 Å². The molecular formula is C23H22N6. The molecule has 4 N–H and O–H groups in total. The molecule has 0 fully saturated rings. The van der Waals surface area contributed by atoms with Crippen LogP contribution in [0.25, 0.3) is 22.0 Å². The van der Waals surface area contributed by atoms with Crippen LogP contribution in [0.5, 0.6) is 0 Å². The lowest BCUT2D eigenvalue weighted by molar-refractivity contribution is 0.876. The second-order valence-electron chi connectivity index (χ2n) is 7.01. The summed E-state index contributed by atoms with van der Waals surface area (Å²) in [5, 5.41) is 12.3. The van der Waals surface area contributed by atoms with E-state index in [1.165, 1.54) is 5.56 Å². The van der Waals surface area contributed by atoms with Gasteiger partial charge in [0.1, 0.15) is 18.0 Å². The van der Waals surface area contributed by atoms with E-state index in [1.807, 2.05) is 42.5 Å². The van der Waals surface area contributed by atoms with Crippen molar-refractivity contribution in [1.29, 1.82) is 5.41 Å². The number of hydrogen-bond donors (Lipinski definition) is 3. The van der Waals surface area contributed by atoms with Crippen molar-refractivity contribution in [3.05, 3.63) is 78.2 Å². The molecule has 0 aliphatic heterocycles. The van der Waals surface area contributed by atoms with Crippen LogP contribution in [0.1, 0.15) is 31.0 Å². The smallest absolute Gasteiger partial charge is 0.137 e. The van der Waals surface area contributed by atoms with E-state index in [0.717, 1.165) is 27.8 Å². The summed E-state index contributed by atoms with van der Waals surface area (Å²) in [6.45, 7) is 3.81. The summed E-state index contributed by atoms with van der Waals surface area (Å²) in [7, 11) is 0. The summed E-state index contributed by atoms with van der Waals surface area (Å²) in [5.41, 5.74) is 10.9. The zero-order valence-electron chi connectivity index (χ0n) is 16.3. The van der Waals surface area contributed by atoms with E-state index in [4.69, 9.17) is 11.1 Å². The molecule has 0 aliphatic rings. The third-order valence-electron chi connectivity index (χ3n) is 4.94. The maximum Gasteiger partial charge on any atom is 0.137 e. The number of pyridine rings is 1. The molecule has 4 rings (SSSR count). The molecule has 0 aliphatic carbocycles. The number of hydrogen-bond acceptors (Lipinski definition) is 6. The number of nitrogens with one attached hydrogen (secondary N) is 2. The summed E-state index contributed by atoms with van der Waals surface area (Å²) < 4.78 is 0. The topological polar surface area (TPSA) is 101 Å². The largest absolute Gasteiger partial charge is 0.383 e. The lowest BCUT2D eigenvalue weighted by Crippen LogP contribution is -2.08. The van der Waals surface area contributed by atoms with Crippen molar-refractivity contribution in [2.24, 2.45) is 0 Å². The summed E-state index contributed by atoms with van der Waals surface area (Å²) in [6.07, 6.45) is 3.30. The molecule has 0 amide bonds. The molecular weight excluding hydrogens is 360 g/mol. The fourth-order valence-corrected chi connectivity index (χ4v) is 3.31. The number of nitrogens with zero attached hydrogens (tertiary/aromatic N) is 3. The molecule has 0 bridgehead atoms. The minimum atomic E-state index is 0.100. The lowest BCUT2D eigenvalue weighted by Gasteiger charge is -2.16. The minimum Gasteiger partial charge on any atom is -0.383 e. The van der Waals surface area contributed by atoms with E-state index in [-0.39, 0.29) is 6.04 Å². The Morgan fingerprint density at radius 3 is 2.55 bits per heavy atom. The molecule has 6 heteroatoms. The first kappa shape index (κ1) is 18.6. The van der Waals surface area contributed by atoms with Crippen LogP contribution in [0, 0.1) is 5.41 Å². The SMILES string of the molecule is CC(=N)c1cc(-c2ccc3ncnc(NC(C)c4ccccc4)c3c2)cnc1N. The fourth-order valence-electron chi connectivity index (χ4n) is 3.31. The molecule has 0 spiro atoms. The molecule has 1 unspecified atom stereocenters. The second-order valence-corrected chi connectivity index (χ2v) is 7.01. The van der Waals surface area contributed by atoms with E-state index in [2.05, 4.69) is 39.3 Å². The zero-order chi connectivity index (χ0) is 20.4. The number of fused-ring (bicyclic) bond motifs is 1. The van der Waals surface area contributed by atoms with Crippen molar-refractivity contribution < 1.29 is 0 Å². The third-order valence-corrected chi connectivity index (χ3v) is 4.94. The number of nitrogen functional groups attached to an aromatic ring is 1. The number of anilines is 2. The van der Waals surface area contributed by atoms with Gasteiger partial charge in [-0.25, -0.2) is 15.0 Å². The van der Waals surface area contributed by atoms with E-state index in [0.29, 0.717) is 17.1 Å². The van der Waals surface area contributed by atoms with E-state index in [9.17, 15) is 0 Å². The molecule has 29 heavy (non-hydrogen) atoms. The van der Waals surface area contributed by atoms with Crippen LogP contribution >= 0.6 is 0 Å². The predicted molar refractivity (Wildman–Crippen MR) is 118 cm³/mol. The second kappa shape index (κ2) is 7.67. The zero-order valence-corrected chi connectivity index (χ0v) is 16.3. The van der Waals surface area contributed by atoms with Crippen LogP contribution < -0.4 is 11.1 Å². The first-order valence-electron chi connectivity index (χ1n) is 9.40.